The Morgan fingerprint density at radius 2 is 1.17 bits per heavy atom. The van der Waals surface area contributed by atoms with E-state index in [-0.39, 0.29) is 32.6 Å². The molecule has 0 bridgehead atoms. The van der Waals surface area contributed by atoms with Gasteiger partial charge in [-0.2, -0.15) is 14.1 Å². The van der Waals surface area contributed by atoms with Gasteiger partial charge in [0.05, 0.1) is 35.3 Å². The van der Waals surface area contributed by atoms with E-state index in [0.29, 0.717) is 6.26 Å². The van der Waals surface area contributed by atoms with E-state index < -0.39 is 18.0 Å². The predicted molar refractivity (Wildman–Crippen MR) is 222 cm³/mol. The summed E-state index contributed by atoms with van der Waals surface area (Å²) in [4.78, 5) is 0. The summed E-state index contributed by atoms with van der Waals surface area (Å²) in [6.45, 7) is 8.46. The van der Waals surface area contributed by atoms with Crippen molar-refractivity contribution in [1.29, 1.82) is 0 Å². The van der Waals surface area contributed by atoms with E-state index in [0.717, 1.165) is 39.6 Å². The van der Waals surface area contributed by atoms with E-state index in [4.69, 9.17) is 14.0 Å². The maximum Gasteiger partial charge on any atom is 2.00 e. The topological polar surface area (TPSA) is 86.9 Å². The van der Waals surface area contributed by atoms with Crippen LogP contribution in [0.25, 0.3) is 27.6 Å². The molecule has 6 nitrogen and oxygen atoms in total. The normalized spacial score (nSPS) is 15.1. The summed E-state index contributed by atoms with van der Waals surface area (Å²) in [6, 6.07) is 34.9. The van der Waals surface area contributed by atoms with E-state index in [9.17, 15) is 8.42 Å². The van der Waals surface area contributed by atoms with E-state index in [2.05, 4.69) is 87.6 Å². The number of ether oxygens (including phenoxy) is 2. The van der Waals surface area contributed by atoms with Crippen LogP contribution in [0, 0.1) is 6.07 Å². The Balaban J connectivity index is 0.000000312. The Bertz CT molecular complexity index is 1700. The zero-order valence-corrected chi connectivity index (χ0v) is 35.7. The van der Waals surface area contributed by atoms with Gasteiger partial charge in [0, 0.05) is 13.5 Å². The summed E-state index contributed by atoms with van der Waals surface area (Å²) < 4.78 is 38.6. The number of hydrogen-bond acceptors (Lipinski definition) is 4. The first-order valence-corrected chi connectivity index (χ1v) is 22.5. The van der Waals surface area contributed by atoms with Crippen molar-refractivity contribution in [3.05, 3.63) is 102 Å². The summed E-state index contributed by atoms with van der Waals surface area (Å²) in [6.07, 6.45) is 15.2. The van der Waals surface area contributed by atoms with E-state index >= 15 is 0 Å². The largest absolute Gasteiger partial charge is 2.00 e. The van der Waals surface area contributed by atoms with Crippen LogP contribution < -0.4 is 14.8 Å². The molecular formula is C44H59NO5PPdS+. The summed E-state index contributed by atoms with van der Waals surface area (Å²) in [5.41, 5.74) is 7.58. The van der Waals surface area contributed by atoms with Crippen LogP contribution in [0.2, 0.25) is 0 Å². The molecule has 2 saturated carbocycles. The van der Waals surface area contributed by atoms with Crippen LogP contribution in [-0.4, -0.2) is 49.8 Å². The first kappa shape index (κ1) is 44.7. The second-order valence-electron chi connectivity index (χ2n) is 14.4. The quantitative estimate of drug-likeness (QED) is 0.0743. The minimum atomic E-state index is -3.67. The average Bonchev–Trinajstić information content (AvgIpc) is 3.13. The van der Waals surface area contributed by atoms with Crippen molar-refractivity contribution in [2.75, 3.05) is 13.3 Å². The van der Waals surface area contributed by atoms with Crippen LogP contribution in [0.5, 0.6) is 11.5 Å². The molecule has 290 valence electrons. The number of rotatable bonds is 10. The molecule has 0 atom stereocenters. The van der Waals surface area contributed by atoms with Gasteiger partial charge in [0.1, 0.15) is 16.8 Å². The van der Waals surface area contributed by atoms with Gasteiger partial charge in [-0.05, 0) is 97.3 Å². The molecule has 0 saturated heterocycles. The van der Waals surface area contributed by atoms with Gasteiger partial charge in [-0.1, -0.05) is 61.4 Å². The minimum absolute atomic E-state index is 0. The third kappa shape index (κ3) is 14.5. The van der Waals surface area contributed by atoms with Crippen LogP contribution in [0.3, 0.4) is 0 Å². The van der Waals surface area contributed by atoms with Crippen LogP contribution in [0.1, 0.15) is 91.9 Å². The molecule has 4 aromatic carbocycles. The molecule has 0 amide bonds. The van der Waals surface area contributed by atoms with Gasteiger partial charge in [0.25, 0.3) is 10.1 Å². The van der Waals surface area contributed by atoms with Gasteiger partial charge in [-0.3, -0.25) is 4.55 Å². The maximum atomic E-state index is 9.19. The predicted octanol–water partition coefficient (Wildman–Crippen LogP) is 11.7. The number of hydrogen-bond donors (Lipinski definition) is 1. The minimum Gasteiger partial charge on any atom is -0.694 e. The SMILES string of the molecule is CC(C)Oc1cccc(OC(C)C)c1-c1ccccc1[PH+](C1CCCCC1)C1CCCCC1.CS(=O)(=O)O.C[N-]c1ccccc1-c1[c-]cccc1.[Pd+2]. The molecule has 0 aliphatic heterocycles. The second kappa shape index (κ2) is 22.6. The zero-order chi connectivity index (χ0) is 37.5. The van der Waals surface area contributed by atoms with Gasteiger partial charge in [-0.25, -0.2) is 0 Å². The van der Waals surface area contributed by atoms with Gasteiger partial charge in [-0.15, -0.1) is 48.5 Å². The average molecular weight is 851 g/mol. The van der Waals surface area contributed by atoms with Crippen molar-refractivity contribution >= 4 is 29.0 Å². The molecular weight excluding hydrogens is 792 g/mol. The molecule has 1 N–H and O–H groups in total. The molecule has 53 heavy (non-hydrogen) atoms. The maximum absolute atomic E-state index is 9.19. The Labute approximate surface area is 335 Å². The molecule has 0 aromatic heterocycles. The van der Waals surface area contributed by atoms with E-state index in [1.54, 1.807) is 5.30 Å². The summed E-state index contributed by atoms with van der Waals surface area (Å²) >= 11 is 0. The Morgan fingerprint density at radius 1 is 0.698 bits per heavy atom. The third-order valence-electron chi connectivity index (χ3n) is 9.45. The molecule has 2 aliphatic carbocycles. The van der Waals surface area contributed by atoms with E-state index in [1.165, 1.54) is 75.3 Å². The molecule has 0 unspecified atom stereocenters. The fourth-order valence-corrected chi connectivity index (χ4v) is 11.9. The van der Waals surface area contributed by atoms with Gasteiger partial charge in [0.2, 0.25) is 0 Å². The van der Waals surface area contributed by atoms with Crippen molar-refractivity contribution in [3.8, 4) is 33.8 Å². The monoisotopic (exact) mass is 850 g/mol. The molecule has 6 rings (SSSR count). The summed E-state index contributed by atoms with van der Waals surface area (Å²) in [5.74, 6) is 1.92. The summed E-state index contributed by atoms with van der Waals surface area (Å²) in [7, 11) is -2.56. The molecule has 2 fully saturated rings. The van der Waals surface area contributed by atoms with Crippen LogP contribution in [-0.2, 0) is 30.5 Å². The fourth-order valence-electron chi connectivity index (χ4n) is 7.49. The van der Waals surface area contributed by atoms with Crippen molar-refractivity contribution < 1.29 is 42.9 Å². The molecule has 9 heteroatoms. The van der Waals surface area contributed by atoms with Gasteiger partial charge >= 0.3 is 20.4 Å². The van der Waals surface area contributed by atoms with Crippen molar-refractivity contribution in [3.63, 3.8) is 0 Å². The molecule has 0 radical (unpaired) electrons. The smallest absolute Gasteiger partial charge is 0.694 e. The molecule has 2 aliphatic rings. The fraction of sp³-hybridized carbons (Fsp3) is 0.455. The van der Waals surface area contributed by atoms with E-state index in [1.807, 2.05) is 49.5 Å². The Hall–Kier alpha value is -2.72. The third-order valence-corrected chi connectivity index (χ3v) is 13.4. The van der Waals surface area contributed by atoms with Gasteiger partial charge in [0.15, 0.2) is 0 Å². The van der Waals surface area contributed by atoms with Crippen LogP contribution >= 0.6 is 7.92 Å². The number of para-hydroxylation sites is 1. The standard InChI is InChI=1S/C30H43O2P.C13H11N.CH4O3S.Pd/c1-22(2)31-27-19-13-20-28(32-23(3)4)30(27)26-18-11-12-21-29(26)33(24-14-7-5-8-15-24)25-16-9-6-10-17-25;1-14-13-10-6-5-9-12(13)11-7-3-2-4-8-11;1-5(2,3)4;/h11-13,18-25H,5-10,14-17H2,1-4H3;2-7,9-10H,1H3;1H3,(H,2,3,4);/q;-2;;+2/p+1. The van der Waals surface area contributed by atoms with Gasteiger partial charge < -0.3 is 14.8 Å². The van der Waals surface area contributed by atoms with Crippen LogP contribution in [0.4, 0.5) is 5.69 Å². The first-order chi connectivity index (χ1) is 25.0. The zero-order valence-electron chi connectivity index (χ0n) is 32.3. The number of nitrogens with zero attached hydrogens (tertiary/aromatic N) is 1. The summed E-state index contributed by atoms with van der Waals surface area (Å²) in [5, 5.41) is 5.86. The molecule has 4 aromatic rings. The van der Waals surface area contributed by atoms with Crippen molar-refractivity contribution in [2.45, 2.75) is 115 Å². The Kier molecular flexibility index (Phi) is 19.1. The van der Waals surface area contributed by atoms with Crippen molar-refractivity contribution in [1.82, 2.24) is 0 Å². The van der Waals surface area contributed by atoms with Crippen molar-refractivity contribution in [2.24, 2.45) is 0 Å². The van der Waals surface area contributed by atoms with Crippen LogP contribution in [0.15, 0.2) is 91.0 Å². The first-order valence-electron chi connectivity index (χ1n) is 19.0. The second-order valence-corrected chi connectivity index (χ2v) is 18.9. The number of benzene rings is 4. The molecule has 0 heterocycles. The molecule has 0 spiro atoms. The Morgan fingerprint density at radius 3 is 1.64 bits per heavy atom.